The van der Waals surface area contributed by atoms with Gasteiger partial charge in [0.05, 0.1) is 10.6 Å². The molecular weight excluding hydrogens is 319 g/mol. The van der Waals surface area contributed by atoms with E-state index in [0.29, 0.717) is 4.47 Å². The Labute approximate surface area is 120 Å². The third-order valence-electron chi connectivity index (χ3n) is 4.00. The number of rotatable bonds is 3. The van der Waals surface area contributed by atoms with Gasteiger partial charge in [-0.25, -0.2) is 4.39 Å². The van der Waals surface area contributed by atoms with Gasteiger partial charge in [-0.3, -0.25) is 4.79 Å². The van der Waals surface area contributed by atoms with E-state index in [1.807, 2.05) is 6.92 Å². The van der Waals surface area contributed by atoms with Crippen molar-refractivity contribution in [1.82, 2.24) is 0 Å². The topological polar surface area (TPSA) is 17.1 Å². The molecule has 0 N–H and O–H groups in total. The molecule has 1 aliphatic rings. The molecule has 1 aliphatic carbocycles. The Balaban J connectivity index is 2.43. The smallest absolute Gasteiger partial charge is 0.171 e. The SMILES string of the molecule is CCC1(C(=O)c2ccc(Br)c(Cl)c2F)CCCC1. The van der Waals surface area contributed by atoms with Crippen LogP contribution in [0.4, 0.5) is 4.39 Å². The highest BCUT2D eigenvalue weighted by Gasteiger charge is 2.40. The number of hydrogen-bond donors (Lipinski definition) is 0. The Morgan fingerprint density at radius 2 is 2.06 bits per heavy atom. The lowest BCUT2D eigenvalue weighted by atomic mass is 9.76. The van der Waals surface area contributed by atoms with Crippen molar-refractivity contribution in [3.8, 4) is 0 Å². The predicted octanol–water partition coefficient (Wildman–Crippen LogP) is 5.39. The standard InChI is InChI=1S/C14H15BrClFO/c1-2-14(7-3-4-8-14)13(18)9-5-6-10(15)11(16)12(9)17/h5-6H,2-4,7-8H2,1H3. The first-order chi connectivity index (χ1) is 8.52. The van der Waals surface area contributed by atoms with Crippen molar-refractivity contribution in [3.63, 3.8) is 0 Å². The first-order valence-electron chi connectivity index (χ1n) is 6.20. The molecule has 1 nitrogen and oxygen atoms in total. The van der Waals surface area contributed by atoms with Crippen LogP contribution in [0.2, 0.25) is 5.02 Å². The highest BCUT2D eigenvalue weighted by molar-refractivity contribution is 9.10. The van der Waals surface area contributed by atoms with Crippen LogP contribution in [0.15, 0.2) is 16.6 Å². The predicted molar refractivity (Wildman–Crippen MR) is 74.6 cm³/mol. The maximum atomic E-state index is 14.1. The van der Waals surface area contributed by atoms with Crippen molar-refractivity contribution in [3.05, 3.63) is 33.0 Å². The minimum absolute atomic E-state index is 0.00917. The minimum Gasteiger partial charge on any atom is -0.293 e. The quantitative estimate of drug-likeness (QED) is 0.535. The maximum absolute atomic E-state index is 14.1. The van der Waals surface area contributed by atoms with Crippen LogP contribution < -0.4 is 0 Å². The first kappa shape index (κ1) is 14.0. The summed E-state index contributed by atoms with van der Waals surface area (Å²) >= 11 is 9.01. The van der Waals surface area contributed by atoms with Gasteiger partial charge in [-0.15, -0.1) is 0 Å². The minimum atomic E-state index is -0.601. The molecule has 18 heavy (non-hydrogen) atoms. The largest absolute Gasteiger partial charge is 0.293 e. The fraction of sp³-hybridized carbons (Fsp3) is 0.500. The van der Waals surface area contributed by atoms with Gasteiger partial charge in [0.1, 0.15) is 0 Å². The molecule has 0 unspecified atom stereocenters. The van der Waals surface area contributed by atoms with E-state index in [-0.39, 0.29) is 21.8 Å². The molecule has 0 bridgehead atoms. The second-order valence-electron chi connectivity index (χ2n) is 4.89. The molecule has 0 saturated heterocycles. The summed E-state index contributed by atoms with van der Waals surface area (Å²) in [5, 5.41) is -0.00917. The maximum Gasteiger partial charge on any atom is 0.171 e. The van der Waals surface area contributed by atoms with E-state index in [1.165, 1.54) is 6.07 Å². The molecule has 1 aromatic rings. The summed E-state index contributed by atoms with van der Waals surface area (Å²) < 4.78 is 14.6. The number of ketones is 1. The summed E-state index contributed by atoms with van der Waals surface area (Å²) in [6.07, 6.45) is 4.57. The molecule has 1 aromatic carbocycles. The highest BCUT2D eigenvalue weighted by atomic mass is 79.9. The second kappa shape index (κ2) is 5.30. The second-order valence-corrected chi connectivity index (χ2v) is 6.13. The lowest BCUT2D eigenvalue weighted by molar-refractivity contribution is 0.0786. The molecule has 2 rings (SSSR count). The van der Waals surface area contributed by atoms with Gasteiger partial charge in [-0.1, -0.05) is 31.4 Å². The van der Waals surface area contributed by atoms with Crippen molar-refractivity contribution in [2.24, 2.45) is 5.41 Å². The van der Waals surface area contributed by atoms with Gasteiger partial charge in [0.15, 0.2) is 11.6 Å². The molecular formula is C14H15BrClFO. The zero-order chi connectivity index (χ0) is 13.3. The van der Waals surface area contributed by atoms with Crippen molar-refractivity contribution in [2.75, 3.05) is 0 Å². The fourth-order valence-corrected chi connectivity index (χ4v) is 3.25. The van der Waals surface area contributed by atoms with Gasteiger partial charge < -0.3 is 0 Å². The first-order valence-corrected chi connectivity index (χ1v) is 7.37. The number of carbonyl (C=O) groups excluding carboxylic acids is 1. The lowest BCUT2D eigenvalue weighted by Gasteiger charge is -2.26. The molecule has 1 saturated carbocycles. The summed E-state index contributed by atoms with van der Waals surface area (Å²) in [6, 6.07) is 3.17. The number of benzene rings is 1. The summed E-state index contributed by atoms with van der Waals surface area (Å²) in [5.41, 5.74) is -0.246. The lowest BCUT2D eigenvalue weighted by Crippen LogP contribution is -2.28. The van der Waals surface area contributed by atoms with Gasteiger partial charge in [0, 0.05) is 9.89 Å². The van der Waals surface area contributed by atoms with E-state index in [2.05, 4.69) is 15.9 Å². The van der Waals surface area contributed by atoms with Gasteiger partial charge in [-0.05, 0) is 47.3 Å². The summed E-state index contributed by atoms with van der Waals surface area (Å²) in [7, 11) is 0. The molecule has 0 amide bonds. The summed E-state index contributed by atoms with van der Waals surface area (Å²) in [5.74, 6) is -0.690. The van der Waals surface area contributed by atoms with Crippen molar-refractivity contribution in [2.45, 2.75) is 39.0 Å². The fourth-order valence-electron chi connectivity index (χ4n) is 2.78. The van der Waals surface area contributed by atoms with Crippen molar-refractivity contribution < 1.29 is 9.18 Å². The van der Waals surface area contributed by atoms with Gasteiger partial charge in [-0.2, -0.15) is 0 Å². The zero-order valence-corrected chi connectivity index (χ0v) is 12.6. The molecule has 98 valence electrons. The Kier molecular flexibility index (Phi) is 4.12. The Morgan fingerprint density at radius 1 is 1.44 bits per heavy atom. The van der Waals surface area contributed by atoms with Crippen LogP contribution in [0.5, 0.6) is 0 Å². The van der Waals surface area contributed by atoms with Crippen LogP contribution in [0.25, 0.3) is 0 Å². The van der Waals surface area contributed by atoms with Crippen LogP contribution in [-0.4, -0.2) is 5.78 Å². The monoisotopic (exact) mass is 332 g/mol. The molecule has 0 aromatic heterocycles. The average Bonchev–Trinajstić information content (AvgIpc) is 2.85. The molecule has 0 aliphatic heterocycles. The molecule has 0 atom stereocenters. The highest BCUT2D eigenvalue weighted by Crippen LogP contribution is 2.44. The van der Waals surface area contributed by atoms with E-state index in [9.17, 15) is 9.18 Å². The number of Topliss-reactive ketones (excluding diaryl/α,β-unsaturated/α-hetero) is 1. The molecule has 1 fully saturated rings. The van der Waals surface area contributed by atoms with Gasteiger partial charge >= 0.3 is 0 Å². The van der Waals surface area contributed by atoms with Crippen molar-refractivity contribution >= 4 is 33.3 Å². The van der Waals surface area contributed by atoms with Gasteiger partial charge in [0.2, 0.25) is 0 Å². The van der Waals surface area contributed by atoms with Crippen LogP contribution in [0, 0.1) is 11.2 Å². The summed E-state index contributed by atoms with van der Waals surface area (Å²) in [6.45, 7) is 2.00. The Bertz CT molecular complexity index is 481. The van der Waals surface area contributed by atoms with E-state index in [0.717, 1.165) is 32.1 Å². The third-order valence-corrected chi connectivity index (χ3v) is 5.26. The summed E-state index contributed by atoms with van der Waals surface area (Å²) in [4.78, 5) is 12.6. The normalized spacial score (nSPS) is 18.0. The van der Waals surface area contributed by atoms with Crippen LogP contribution in [-0.2, 0) is 0 Å². The van der Waals surface area contributed by atoms with Gasteiger partial charge in [0.25, 0.3) is 0 Å². The van der Waals surface area contributed by atoms with E-state index in [1.54, 1.807) is 6.07 Å². The number of carbonyl (C=O) groups is 1. The van der Waals surface area contributed by atoms with E-state index < -0.39 is 5.82 Å². The van der Waals surface area contributed by atoms with E-state index in [4.69, 9.17) is 11.6 Å². The third kappa shape index (κ3) is 2.23. The number of hydrogen-bond acceptors (Lipinski definition) is 1. The molecule has 4 heteroatoms. The average molecular weight is 334 g/mol. The zero-order valence-electron chi connectivity index (χ0n) is 10.2. The number of halogens is 3. The van der Waals surface area contributed by atoms with Crippen LogP contribution >= 0.6 is 27.5 Å². The Morgan fingerprint density at radius 3 is 2.61 bits per heavy atom. The molecule has 0 heterocycles. The van der Waals surface area contributed by atoms with Crippen LogP contribution in [0.1, 0.15) is 49.4 Å². The van der Waals surface area contributed by atoms with E-state index >= 15 is 0 Å². The molecule has 0 radical (unpaired) electrons. The Hall–Kier alpha value is -0.410. The van der Waals surface area contributed by atoms with Crippen LogP contribution in [0.3, 0.4) is 0 Å². The van der Waals surface area contributed by atoms with Crippen molar-refractivity contribution in [1.29, 1.82) is 0 Å². The molecule has 0 spiro atoms.